The molecule has 0 amide bonds. The van der Waals surface area contributed by atoms with Crippen molar-refractivity contribution < 1.29 is 9.90 Å². The summed E-state index contributed by atoms with van der Waals surface area (Å²) in [5, 5.41) is 11.6. The van der Waals surface area contributed by atoms with Gasteiger partial charge in [-0.25, -0.2) is 4.98 Å². The number of aliphatic hydroxyl groups is 1. The molecule has 1 aliphatic rings. The SMILES string of the molecule is C=c1cc(C)c2c(n1)C(=O)c1c(c(CC)cc(=O)n1C)C=2O. The molecule has 0 spiro atoms. The van der Waals surface area contributed by atoms with Crippen LogP contribution in [0.3, 0.4) is 0 Å². The number of pyridine rings is 2. The molecule has 0 fully saturated rings. The molecule has 2 aromatic heterocycles. The molecular weight excluding hydrogens is 280 g/mol. The monoisotopic (exact) mass is 296 g/mol. The van der Waals surface area contributed by atoms with E-state index in [2.05, 4.69) is 11.6 Å². The van der Waals surface area contributed by atoms with Gasteiger partial charge in [0.15, 0.2) is 0 Å². The average molecular weight is 296 g/mol. The first-order valence-electron chi connectivity index (χ1n) is 7.04. The van der Waals surface area contributed by atoms with Crippen LogP contribution in [0.2, 0.25) is 0 Å². The highest BCUT2D eigenvalue weighted by molar-refractivity contribution is 6.12. The van der Waals surface area contributed by atoms with E-state index in [9.17, 15) is 14.7 Å². The van der Waals surface area contributed by atoms with Crippen LogP contribution < -0.4 is 16.1 Å². The van der Waals surface area contributed by atoms with Gasteiger partial charge in [0.2, 0.25) is 5.78 Å². The summed E-state index contributed by atoms with van der Waals surface area (Å²) < 4.78 is 1.27. The van der Waals surface area contributed by atoms with Gasteiger partial charge in [-0.15, -0.1) is 0 Å². The first-order chi connectivity index (χ1) is 10.4. The molecule has 1 N–H and O–H groups in total. The van der Waals surface area contributed by atoms with Gasteiger partial charge in [0.1, 0.15) is 17.1 Å². The third kappa shape index (κ3) is 1.75. The minimum atomic E-state index is -0.355. The summed E-state index contributed by atoms with van der Waals surface area (Å²) in [6.45, 7) is 7.44. The number of hydrogen-bond donors (Lipinski definition) is 1. The Morgan fingerprint density at radius 1 is 1.32 bits per heavy atom. The maximum Gasteiger partial charge on any atom is 0.251 e. The molecule has 0 saturated heterocycles. The van der Waals surface area contributed by atoms with E-state index in [1.807, 2.05) is 6.92 Å². The van der Waals surface area contributed by atoms with Crippen LogP contribution in [0.1, 0.15) is 39.8 Å². The van der Waals surface area contributed by atoms with E-state index in [0.29, 0.717) is 28.1 Å². The van der Waals surface area contributed by atoms with Gasteiger partial charge in [0, 0.05) is 23.9 Å². The zero-order valence-corrected chi connectivity index (χ0v) is 12.7. The number of aromatic nitrogens is 2. The fraction of sp³-hybridized carbons (Fsp3) is 0.235. The van der Waals surface area contributed by atoms with E-state index >= 15 is 0 Å². The van der Waals surface area contributed by atoms with Gasteiger partial charge in [-0.3, -0.25) is 9.59 Å². The molecule has 5 heteroatoms. The highest BCUT2D eigenvalue weighted by Crippen LogP contribution is 2.24. The predicted molar refractivity (Wildman–Crippen MR) is 83.4 cm³/mol. The number of fused-ring (bicyclic) bond motifs is 2. The Bertz CT molecular complexity index is 1000. The Labute approximate surface area is 126 Å². The second-order valence-electron chi connectivity index (χ2n) is 5.48. The largest absolute Gasteiger partial charge is 0.507 e. The lowest BCUT2D eigenvalue weighted by Gasteiger charge is -2.21. The van der Waals surface area contributed by atoms with Crippen LogP contribution in [0.25, 0.3) is 12.3 Å². The van der Waals surface area contributed by atoms with E-state index in [1.54, 1.807) is 13.0 Å². The molecule has 0 saturated carbocycles. The molecule has 0 aromatic carbocycles. The number of aryl methyl sites for hydroxylation is 2. The number of nitrogens with zero attached hydrogens (tertiary/aromatic N) is 2. The second-order valence-corrected chi connectivity index (χ2v) is 5.48. The van der Waals surface area contributed by atoms with Crippen molar-refractivity contribution in [1.82, 2.24) is 9.55 Å². The molecular formula is C17H16N2O3. The van der Waals surface area contributed by atoms with E-state index in [0.717, 1.165) is 5.56 Å². The van der Waals surface area contributed by atoms with Crippen molar-refractivity contribution in [3.8, 4) is 0 Å². The van der Waals surface area contributed by atoms with E-state index in [-0.39, 0.29) is 28.5 Å². The first-order valence-corrected chi connectivity index (χ1v) is 7.04. The Kier molecular flexibility index (Phi) is 3.02. The quantitative estimate of drug-likeness (QED) is 0.822. The van der Waals surface area contributed by atoms with Crippen LogP contribution in [0.4, 0.5) is 0 Å². The van der Waals surface area contributed by atoms with Gasteiger partial charge in [-0.1, -0.05) is 13.5 Å². The van der Waals surface area contributed by atoms with Crippen LogP contribution in [0.15, 0.2) is 16.9 Å². The zero-order valence-electron chi connectivity index (χ0n) is 12.7. The highest BCUT2D eigenvalue weighted by Gasteiger charge is 2.30. The number of rotatable bonds is 1. The van der Waals surface area contributed by atoms with Crippen LogP contribution >= 0.6 is 0 Å². The number of aliphatic hydroxyl groups excluding tert-OH is 1. The highest BCUT2D eigenvalue weighted by atomic mass is 16.3. The van der Waals surface area contributed by atoms with Gasteiger partial charge in [-0.2, -0.15) is 0 Å². The Morgan fingerprint density at radius 2 is 2.00 bits per heavy atom. The summed E-state index contributed by atoms with van der Waals surface area (Å²) in [6.07, 6.45) is 0.547. The van der Waals surface area contributed by atoms with E-state index in [1.165, 1.54) is 17.7 Å². The zero-order chi connectivity index (χ0) is 16.2. The third-order valence-electron chi connectivity index (χ3n) is 4.08. The summed E-state index contributed by atoms with van der Waals surface area (Å²) in [5.74, 6) is -0.353. The maximum atomic E-state index is 12.8. The van der Waals surface area contributed by atoms with Crippen LogP contribution in [-0.2, 0) is 13.5 Å². The van der Waals surface area contributed by atoms with Crippen LogP contribution in [-0.4, -0.2) is 20.4 Å². The minimum Gasteiger partial charge on any atom is -0.507 e. The fourth-order valence-corrected chi connectivity index (χ4v) is 3.00. The summed E-state index contributed by atoms with van der Waals surface area (Å²) in [7, 11) is 1.53. The maximum absolute atomic E-state index is 12.8. The Hall–Kier alpha value is -2.69. The van der Waals surface area contributed by atoms with Gasteiger partial charge < -0.3 is 9.67 Å². The molecule has 5 nitrogen and oxygen atoms in total. The lowest BCUT2D eigenvalue weighted by Crippen LogP contribution is -2.37. The van der Waals surface area contributed by atoms with E-state index in [4.69, 9.17) is 0 Å². The standard InChI is InChI=1S/C17H16N2O3/c1-5-10-7-11(20)19(4)15-13(10)16(21)12-8(2)6-9(3)18-14(12)17(15)22/h6-7,21H,3,5H2,1-2,4H3. The summed E-state index contributed by atoms with van der Waals surface area (Å²) in [4.78, 5) is 29.1. The lowest BCUT2D eigenvalue weighted by molar-refractivity contribution is 0.102. The van der Waals surface area contributed by atoms with Crippen LogP contribution in [0.5, 0.6) is 0 Å². The van der Waals surface area contributed by atoms with Crippen molar-refractivity contribution in [3.05, 3.63) is 61.1 Å². The second kappa shape index (κ2) is 4.66. The third-order valence-corrected chi connectivity index (χ3v) is 4.08. The van der Waals surface area contributed by atoms with Gasteiger partial charge in [0.05, 0.1) is 5.35 Å². The normalized spacial score (nSPS) is 13.0. The van der Waals surface area contributed by atoms with Crippen molar-refractivity contribution in [1.29, 1.82) is 0 Å². The Balaban J connectivity index is 2.63. The summed E-state index contributed by atoms with van der Waals surface area (Å²) in [6, 6.07) is 3.19. The molecule has 1 aliphatic carbocycles. The number of ketones is 1. The Morgan fingerprint density at radius 3 is 2.64 bits per heavy atom. The fourth-order valence-electron chi connectivity index (χ4n) is 3.00. The number of hydrogen-bond acceptors (Lipinski definition) is 4. The molecule has 0 atom stereocenters. The first kappa shape index (κ1) is 14.3. The molecule has 112 valence electrons. The van der Waals surface area contributed by atoms with Crippen molar-refractivity contribution in [2.75, 3.05) is 0 Å². The number of carbonyl (C=O) groups excluding carboxylic acids is 1. The summed E-state index contributed by atoms with van der Waals surface area (Å²) >= 11 is 0. The molecule has 22 heavy (non-hydrogen) atoms. The molecule has 2 aromatic rings. The molecule has 2 heterocycles. The van der Waals surface area contributed by atoms with Gasteiger partial charge in [-0.05, 0) is 30.5 Å². The van der Waals surface area contributed by atoms with Crippen molar-refractivity contribution >= 4 is 18.1 Å². The molecule has 0 radical (unpaired) electrons. The smallest absolute Gasteiger partial charge is 0.251 e. The van der Waals surface area contributed by atoms with Crippen LogP contribution in [0, 0.1) is 6.92 Å². The molecule has 0 bridgehead atoms. The number of carbonyl (C=O) groups is 1. The van der Waals surface area contributed by atoms with Crippen molar-refractivity contribution in [2.45, 2.75) is 20.3 Å². The van der Waals surface area contributed by atoms with Gasteiger partial charge in [0.25, 0.3) is 5.56 Å². The lowest BCUT2D eigenvalue weighted by atomic mass is 9.90. The van der Waals surface area contributed by atoms with Crippen molar-refractivity contribution in [3.63, 3.8) is 0 Å². The summed E-state index contributed by atoms with van der Waals surface area (Å²) in [5.41, 5.74) is 1.90. The molecule has 3 rings (SSSR count). The van der Waals surface area contributed by atoms with Gasteiger partial charge >= 0.3 is 0 Å². The average Bonchev–Trinajstić information content (AvgIpc) is 2.46. The molecule has 0 unspecified atom stereocenters. The topological polar surface area (TPSA) is 72.2 Å². The minimum absolute atomic E-state index is 0.00190. The predicted octanol–water partition coefficient (Wildman–Crippen LogP) is 0.320. The molecule has 0 aliphatic heterocycles. The van der Waals surface area contributed by atoms with E-state index < -0.39 is 0 Å². The van der Waals surface area contributed by atoms with Crippen molar-refractivity contribution in [2.24, 2.45) is 7.05 Å².